The highest BCUT2D eigenvalue weighted by Crippen LogP contribution is 2.24. The van der Waals surface area contributed by atoms with Crippen molar-refractivity contribution in [2.24, 2.45) is 5.73 Å². The van der Waals surface area contributed by atoms with E-state index in [1.807, 2.05) is 13.8 Å². The van der Waals surface area contributed by atoms with Gasteiger partial charge in [0.25, 0.3) is 5.91 Å². The molecular formula is C14H21FN2O2. The number of amides is 1. The lowest BCUT2D eigenvalue weighted by atomic mass is 10.1. The van der Waals surface area contributed by atoms with Gasteiger partial charge in [-0.3, -0.25) is 4.79 Å². The molecular weight excluding hydrogens is 247 g/mol. The Kier molecular flexibility index (Phi) is 5.76. The third-order valence-corrected chi connectivity index (χ3v) is 2.84. The zero-order valence-electron chi connectivity index (χ0n) is 11.6. The van der Waals surface area contributed by atoms with Gasteiger partial charge in [0.1, 0.15) is 11.6 Å². The first kappa shape index (κ1) is 15.4. The molecule has 2 atom stereocenters. The number of carbonyl (C=O) groups is 1. The van der Waals surface area contributed by atoms with Crippen LogP contribution in [0, 0.1) is 5.82 Å². The van der Waals surface area contributed by atoms with Crippen molar-refractivity contribution in [2.45, 2.75) is 39.3 Å². The number of nitrogens with two attached hydrogens (primary N) is 1. The van der Waals surface area contributed by atoms with Crippen molar-refractivity contribution in [1.82, 2.24) is 5.32 Å². The quantitative estimate of drug-likeness (QED) is 0.830. The van der Waals surface area contributed by atoms with Gasteiger partial charge in [-0.2, -0.15) is 0 Å². The number of carbonyl (C=O) groups excluding carboxylic acids is 1. The van der Waals surface area contributed by atoms with Gasteiger partial charge in [0.2, 0.25) is 0 Å². The number of nitrogens with one attached hydrogen (secondary N) is 1. The highest BCUT2D eigenvalue weighted by molar-refractivity contribution is 5.77. The molecule has 5 heteroatoms. The van der Waals surface area contributed by atoms with Gasteiger partial charge in [-0.15, -0.1) is 0 Å². The Hall–Kier alpha value is -1.62. The molecule has 1 aromatic carbocycles. The van der Waals surface area contributed by atoms with Crippen LogP contribution in [0.2, 0.25) is 0 Å². The van der Waals surface area contributed by atoms with Crippen LogP contribution in [0.25, 0.3) is 0 Å². The molecule has 0 aliphatic rings. The average Bonchev–Trinajstić information content (AvgIpc) is 2.35. The Labute approximate surface area is 113 Å². The van der Waals surface area contributed by atoms with Gasteiger partial charge in [-0.05, 0) is 26.3 Å². The maximum atomic E-state index is 13.2. The van der Waals surface area contributed by atoms with Gasteiger partial charge >= 0.3 is 0 Å². The second-order valence-corrected chi connectivity index (χ2v) is 4.64. The van der Waals surface area contributed by atoms with E-state index in [0.29, 0.717) is 11.3 Å². The summed E-state index contributed by atoms with van der Waals surface area (Å²) in [5.74, 6) is -0.328. The Morgan fingerprint density at radius 2 is 2.16 bits per heavy atom. The van der Waals surface area contributed by atoms with Crippen molar-refractivity contribution in [2.75, 3.05) is 6.61 Å². The molecule has 0 bridgehead atoms. The summed E-state index contributed by atoms with van der Waals surface area (Å²) in [6.07, 6.45) is 0.844. The minimum Gasteiger partial charge on any atom is -0.483 e. The lowest BCUT2D eigenvalue weighted by molar-refractivity contribution is -0.123. The number of hydrogen-bond donors (Lipinski definition) is 2. The summed E-state index contributed by atoms with van der Waals surface area (Å²) in [5, 5.41) is 2.77. The van der Waals surface area contributed by atoms with E-state index in [9.17, 15) is 9.18 Å². The molecule has 0 saturated carbocycles. The third kappa shape index (κ3) is 4.87. The van der Waals surface area contributed by atoms with Crippen molar-refractivity contribution in [1.29, 1.82) is 0 Å². The monoisotopic (exact) mass is 268 g/mol. The predicted octanol–water partition coefficient (Wildman–Crippen LogP) is 2.14. The zero-order valence-corrected chi connectivity index (χ0v) is 11.6. The molecule has 0 aromatic heterocycles. The normalized spacial score (nSPS) is 13.7. The first-order valence-corrected chi connectivity index (χ1v) is 6.41. The van der Waals surface area contributed by atoms with E-state index in [4.69, 9.17) is 10.5 Å². The lowest BCUT2D eigenvalue weighted by Gasteiger charge is -2.15. The van der Waals surface area contributed by atoms with E-state index in [1.165, 1.54) is 12.1 Å². The summed E-state index contributed by atoms with van der Waals surface area (Å²) >= 11 is 0. The van der Waals surface area contributed by atoms with E-state index in [2.05, 4.69) is 5.32 Å². The Balaban J connectivity index is 2.66. The third-order valence-electron chi connectivity index (χ3n) is 2.84. The fourth-order valence-electron chi connectivity index (χ4n) is 1.57. The van der Waals surface area contributed by atoms with E-state index >= 15 is 0 Å². The van der Waals surface area contributed by atoms with Crippen LogP contribution in [0.15, 0.2) is 18.2 Å². The first-order valence-electron chi connectivity index (χ1n) is 6.41. The van der Waals surface area contributed by atoms with Crippen LogP contribution in [-0.4, -0.2) is 18.6 Å². The summed E-state index contributed by atoms with van der Waals surface area (Å²) < 4.78 is 18.5. The predicted molar refractivity (Wildman–Crippen MR) is 72.4 cm³/mol. The number of rotatable bonds is 6. The fraction of sp³-hybridized carbons (Fsp3) is 0.500. The summed E-state index contributed by atoms with van der Waals surface area (Å²) in [4.78, 5) is 11.6. The molecule has 1 unspecified atom stereocenters. The van der Waals surface area contributed by atoms with E-state index < -0.39 is 5.82 Å². The second kappa shape index (κ2) is 7.09. The Bertz CT molecular complexity index is 435. The van der Waals surface area contributed by atoms with E-state index in [0.717, 1.165) is 6.42 Å². The number of hydrogen-bond acceptors (Lipinski definition) is 3. The van der Waals surface area contributed by atoms with Gasteiger partial charge in [0.15, 0.2) is 6.61 Å². The summed E-state index contributed by atoms with van der Waals surface area (Å²) in [5.41, 5.74) is 6.45. The topological polar surface area (TPSA) is 64.3 Å². The van der Waals surface area contributed by atoms with Crippen LogP contribution in [0.5, 0.6) is 5.75 Å². The van der Waals surface area contributed by atoms with Crippen LogP contribution in [-0.2, 0) is 4.79 Å². The summed E-state index contributed by atoms with van der Waals surface area (Å²) in [6.45, 7) is 5.52. The Morgan fingerprint density at radius 1 is 1.47 bits per heavy atom. The Morgan fingerprint density at radius 3 is 2.74 bits per heavy atom. The van der Waals surface area contributed by atoms with Crippen molar-refractivity contribution < 1.29 is 13.9 Å². The van der Waals surface area contributed by atoms with Crippen LogP contribution >= 0.6 is 0 Å². The zero-order chi connectivity index (χ0) is 14.4. The molecule has 0 fully saturated rings. The molecule has 106 valence electrons. The molecule has 4 nitrogen and oxygen atoms in total. The minimum absolute atomic E-state index is 0.0940. The van der Waals surface area contributed by atoms with Gasteiger partial charge in [0, 0.05) is 23.7 Å². The maximum Gasteiger partial charge on any atom is 0.258 e. The second-order valence-electron chi connectivity index (χ2n) is 4.64. The van der Waals surface area contributed by atoms with Gasteiger partial charge in [0.05, 0.1) is 0 Å². The summed E-state index contributed by atoms with van der Waals surface area (Å²) in [7, 11) is 0. The van der Waals surface area contributed by atoms with Crippen molar-refractivity contribution in [3.05, 3.63) is 29.6 Å². The van der Waals surface area contributed by atoms with Gasteiger partial charge in [-0.1, -0.05) is 13.0 Å². The lowest BCUT2D eigenvalue weighted by Crippen LogP contribution is -2.35. The molecule has 1 rings (SSSR count). The molecule has 19 heavy (non-hydrogen) atoms. The SMILES string of the molecule is CCC(C)NC(=O)COc1cc(F)ccc1[C@H](C)N. The highest BCUT2D eigenvalue weighted by Gasteiger charge is 2.12. The van der Waals surface area contributed by atoms with E-state index in [1.54, 1.807) is 13.0 Å². The molecule has 3 N–H and O–H groups in total. The number of halogens is 1. The van der Waals surface area contributed by atoms with Crippen molar-refractivity contribution >= 4 is 5.91 Å². The fourth-order valence-corrected chi connectivity index (χ4v) is 1.57. The molecule has 0 aliphatic heterocycles. The van der Waals surface area contributed by atoms with E-state index in [-0.39, 0.29) is 24.6 Å². The van der Waals surface area contributed by atoms with Crippen LogP contribution < -0.4 is 15.8 Å². The molecule has 0 saturated heterocycles. The standard InChI is InChI=1S/C14H21FN2O2/c1-4-9(2)17-14(18)8-19-13-7-11(15)5-6-12(13)10(3)16/h5-7,9-10H,4,8,16H2,1-3H3,(H,17,18)/t9?,10-/m0/s1. The largest absolute Gasteiger partial charge is 0.483 e. The summed E-state index contributed by atoms with van der Waals surface area (Å²) in [6, 6.07) is 3.95. The van der Waals surface area contributed by atoms with Crippen molar-refractivity contribution in [3.63, 3.8) is 0 Å². The smallest absolute Gasteiger partial charge is 0.258 e. The van der Waals surface area contributed by atoms with Gasteiger partial charge in [-0.25, -0.2) is 4.39 Å². The molecule has 0 radical (unpaired) electrons. The molecule has 0 spiro atoms. The highest BCUT2D eigenvalue weighted by atomic mass is 19.1. The van der Waals surface area contributed by atoms with Crippen molar-refractivity contribution in [3.8, 4) is 5.75 Å². The molecule has 1 amide bonds. The number of benzene rings is 1. The number of ether oxygens (including phenoxy) is 1. The first-order chi connectivity index (χ1) is 8.93. The molecule has 0 aliphatic carbocycles. The van der Waals surface area contributed by atoms with Gasteiger partial charge < -0.3 is 15.8 Å². The molecule has 0 heterocycles. The molecule has 1 aromatic rings. The van der Waals surface area contributed by atoms with Crippen LogP contribution in [0.1, 0.15) is 38.8 Å². The average molecular weight is 268 g/mol. The maximum absolute atomic E-state index is 13.2. The minimum atomic E-state index is -0.415. The van der Waals surface area contributed by atoms with Crippen LogP contribution in [0.3, 0.4) is 0 Å². The van der Waals surface area contributed by atoms with Crippen LogP contribution in [0.4, 0.5) is 4.39 Å².